The van der Waals surface area contributed by atoms with Gasteiger partial charge in [0.15, 0.2) is 5.11 Å². The van der Waals surface area contributed by atoms with E-state index in [1.54, 1.807) is 12.1 Å². The van der Waals surface area contributed by atoms with Crippen molar-refractivity contribution in [1.29, 1.82) is 0 Å². The number of thiocarbonyl (C=S) groups is 1. The maximum absolute atomic E-state index is 12.3. The van der Waals surface area contributed by atoms with Gasteiger partial charge in [-0.1, -0.05) is 47.5 Å². The maximum Gasteiger partial charge on any atom is 0.257 e. The molecule has 1 heterocycles. The minimum Gasteiger partial charge on any atom is -0.368 e. The lowest BCUT2D eigenvalue weighted by Gasteiger charge is -2.37. The molecule has 2 aromatic rings. The number of amides is 1. The number of carbonyl (C=O) groups excluding carboxylic acids is 1. The molecule has 0 bridgehead atoms. The van der Waals surface area contributed by atoms with Crippen LogP contribution in [0.25, 0.3) is 0 Å². The van der Waals surface area contributed by atoms with Crippen molar-refractivity contribution in [2.24, 2.45) is 5.92 Å². The SMILES string of the molecule is O=C(NC(=S)N[C@H]1CC[C@H](CCN2CCN(c3cccc(Cl)c3Cl)CC2)CC1)c1ccccc1. The Morgan fingerprint density at radius 2 is 1.65 bits per heavy atom. The highest BCUT2D eigenvalue weighted by molar-refractivity contribution is 7.80. The molecule has 2 aliphatic rings. The van der Waals surface area contributed by atoms with Gasteiger partial charge >= 0.3 is 0 Å². The molecule has 8 heteroatoms. The van der Waals surface area contributed by atoms with Crippen LogP contribution < -0.4 is 15.5 Å². The zero-order valence-corrected chi connectivity index (χ0v) is 21.6. The number of rotatable bonds is 6. The van der Waals surface area contributed by atoms with E-state index >= 15 is 0 Å². The second-order valence-corrected chi connectivity index (χ2v) is 10.4. The molecule has 0 atom stereocenters. The van der Waals surface area contributed by atoms with Gasteiger partial charge in [0, 0.05) is 37.8 Å². The van der Waals surface area contributed by atoms with Gasteiger partial charge < -0.3 is 10.2 Å². The van der Waals surface area contributed by atoms with Crippen LogP contribution >= 0.6 is 35.4 Å². The maximum atomic E-state index is 12.3. The quantitative estimate of drug-likeness (QED) is 0.503. The summed E-state index contributed by atoms with van der Waals surface area (Å²) in [5.41, 5.74) is 1.66. The normalized spacial score (nSPS) is 21.2. The first-order valence-corrected chi connectivity index (χ1v) is 13.2. The minimum absolute atomic E-state index is 0.162. The van der Waals surface area contributed by atoms with E-state index in [0.717, 1.165) is 57.2 Å². The number of nitrogens with one attached hydrogen (secondary N) is 2. The van der Waals surface area contributed by atoms with Crippen LogP contribution in [0.1, 0.15) is 42.5 Å². The van der Waals surface area contributed by atoms with Crippen molar-refractivity contribution in [3.8, 4) is 0 Å². The van der Waals surface area contributed by atoms with E-state index in [4.69, 9.17) is 35.4 Å². The molecule has 34 heavy (non-hydrogen) atoms. The Kier molecular flexibility index (Phi) is 9.06. The highest BCUT2D eigenvalue weighted by Crippen LogP contribution is 2.33. The molecule has 0 spiro atoms. The molecule has 1 aliphatic heterocycles. The smallest absolute Gasteiger partial charge is 0.257 e. The molecule has 2 aromatic carbocycles. The summed E-state index contributed by atoms with van der Waals surface area (Å²) in [6.45, 7) is 5.20. The first-order valence-electron chi connectivity index (χ1n) is 12.1. The van der Waals surface area contributed by atoms with Crippen LogP contribution in [-0.2, 0) is 0 Å². The Hall–Kier alpha value is -1.86. The molecule has 1 saturated carbocycles. The predicted molar refractivity (Wildman–Crippen MR) is 145 cm³/mol. The van der Waals surface area contributed by atoms with Crippen molar-refractivity contribution < 1.29 is 4.79 Å². The second-order valence-electron chi connectivity index (χ2n) is 9.20. The molecule has 1 amide bonds. The average Bonchev–Trinajstić information content (AvgIpc) is 2.86. The summed E-state index contributed by atoms with van der Waals surface area (Å²) in [4.78, 5) is 17.2. The van der Waals surface area contributed by atoms with Gasteiger partial charge in [0.25, 0.3) is 5.91 Å². The summed E-state index contributed by atoms with van der Waals surface area (Å²) >= 11 is 18.0. The molecule has 4 rings (SSSR count). The van der Waals surface area contributed by atoms with Crippen LogP contribution in [0.5, 0.6) is 0 Å². The molecular formula is C26H32Cl2N4OS. The van der Waals surface area contributed by atoms with Crippen LogP contribution in [-0.4, -0.2) is 54.7 Å². The summed E-state index contributed by atoms with van der Waals surface area (Å²) in [7, 11) is 0. The van der Waals surface area contributed by atoms with Crippen molar-refractivity contribution in [3.05, 3.63) is 64.1 Å². The van der Waals surface area contributed by atoms with Gasteiger partial charge in [0.05, 0.1) is 15.7 Å². The predicted octanol–water partition coefficient (Wildman–Crippen LogP) is 5.37. The van der Waals surface area contributed by atoms with Crippen LogP contribution in [0.15, 0.2) is 48.5 Å². The van der Waals surface area contributed by atoms with Crippen LogP contribution in [0.3, 0.4) is 0 Å². The number of piperazine rings is 1. The lowest BCUT2D eigenvalue weighted by atomic mass is 9.84. The molecule has 5 nitrogen and oxygen atoms in total. The van der Waals surface area contributed by atoms with Gasteiger partial charge in [-0.2, -0.15) is 0 Å². The van der Waals surface area contributed by atoms with E-state index < -0.39 is 0 Å². The molecule has 0 radical (unpaired) electrons. The highest BCUT2D eigenvalue weighted by atomic mass is 35.5. The third-order valence-electron chi connectivity index (χ3n) is 6.94. The molecule has 0 aromatic heterocycles. The lowest BCUT2D eigenvalue weighted by Crippen LogP contribution is -2.47. The number of benzene rings is 2. The highest BCUT2D eigenvalue weighted by Gasteiger charge is 2.24. The summed E-state index contributed by atoms with van der Waals surface area (Å²) < 4.78 is 0. The number of anilines is 1. The van der Waals surface area contributed by atoms with Gasteiger partial charge in [0.2, 0.25) is 0 Å². The van der Waals surface area contributed by atoms with Gasteiger partial charge in [-0.3, -0.25) is 15.0 Å². The van der Waals surface area contributed by atoms with Gasteiger partial charge in [-0.25, -0.2) is 0 Å². The van der Waals surface area contributed by atoms with Crippen LogP contribution in [0.4, 0.5) is 5.69 Å². The topological polar surface area (TPSA) is 47.6 Å². The standard InChI is InChI=1S/C26H32Cl2N4OS/c27-22-7-4-8-23(24(22)28)32-17-15-31(16-18-32)14-13-19-9-11-21(12-10-19)29-26(34)30-25(33)20-5-2-1-3-6-20/h1-8,19,21H,9-18H2,(H2,29,30,33,34)/t19-,21-. The molecule has 182 valence electrons. The van der Waals surface area contributed by atoms with E-state index in [1.165, 1.54) is 19.3 Å². The van der Waals surface area contributed by atoms with Crippen molar-refractivity contribution in [2.75, 3.05) is 37.6 Å². The molecule has 2 fully saturated rings. The first-order chi connectivity index (χ1) is 16.5. The van der Waals surface area contributed by atoms with Crippen molar-refractivity contribution in [3.63, 3.8) is 0 Å². The van der Waals surface area contributed by atoms with Crippen molar-refractivity contribution in [2.45, 2.75) is 38.1 Å². The van der Waals surface area contributed by atoms with Gasteiger partial charge in [-0.15, -0.1) is 0 Å². The molecular weight excluding hydrogens is 487 g/mol. The monoisotopic (exact) mass is 518 g/mol. The largest absolute Gasteiger partial charge is 0.368 e. The van der Waals surface area contributed by atoms with E-state index in [1.807, 2.05) is 30.3 Å². The van der Waals surface area contributed by atoms with Gasteiger partial charge in [0.1, 0.15) is 0 Å². The lowest BCUT2D eigenvalue weighted by molar-refractivity contribution is 0.0976. The third kappa shape index (κ3) is 6.85. The second kappa shape index (κ2) is 12.2. The number of hydrogen-bond donors (Lipinski definition) is 2. The third-order valence-corrected chi connectivity index (χ3v) is 7.97. The summed E-state index contributed by atoms with van der Waals surface area (Å²) in [6.07, 6.45) is 5.82. The number of halogens is 2. The van der Waals surface area contributed by atoms with Crippen molar-refractivity contribution in [1.82, 2.24) is 15.5 Å². The van der Waals surface area contributed by atoms with E-state index in [0.29, 0.717) is 26.8 Å². The molecule has 2 N–H and O–H groups in total. The molecule has 1 saturated heterocycles. The van der Waals surface area contributed by atoms with Crippen LogP contribution in [0, 0.1) is 5.92 Å². The Bertz CT molecular complexity index is 974. The average molecular weight is 520 g/mol. The Labute approximate surface area is 217 Å². The zero-order valence-electron chi connectivity index (χ0n) is 19.3. The van der Waals surface area contributed by atoms with Crippen LogP contribution in [0.2, 0.25) is 10.0 Å². The summed E-state index contributed by atoms with van der Waals surface area (Å²) in [6, 6.07) is 15.4. The summed E-state index contributed by atoms with van der Waals surface area (Å²) in [5.74, 6) is 0.593. The van der Waals surface area contributed by atoms with E-state index in [2.05, 4.69) is 26.5 Å². The number of carbonyl (C=O) groups is 1. The van der Waals surface area contributed by atoms with E-state index in [9.17, 15) is 4.79 Å². The fraction of sp³-hybridized carbons (Fsp3) is 0.462. The minimum atomic E-state index is -0.162. The molecule has 1 aliphatic carbocycles. The number of nitrogens with zero attached hydrogens (tertiary/aromatic N) is 2. The van der Waals surface area contributed by atoms with E-state index in [-0.39, 0.29) is 5.91 Å². The molecule has 0 unspecified atom stereocenters. The first kappa shape index (κ1) is 25.2. The Morgan fingerprint density at radius 3 is 2.35 bits per heavy atom. The fourth-order valence-electron chi connectivity index (χ4n) is 4.90. The Morgan fingerprint density at radius 1 is 0.941 bits per heavy atom. The van der Waals surface area contributed by atoms with Crippen molar-refractivity contribution >= 4 is 52.1 Å². The zero-order chi connectivity index (χ0) is 23.9. The Balaban J connectivity index is 1.12. The van der Waals surface area contributed by atoms with Gasteiger partial charge in [-0.05, 0) is 81.1 Å². The summed E-state index contributed by atoms with van der Waals surface area (Å²) in [5, 5.41) is 7.84. The fourth-order valence-corrected chi connectivity index (χ4v) is 5.57. The number of hydrogen-bond acceptors (Lipinski definition) is 4.